The van der Waals surface area contributed by atoms with Gasteiger partial charge in [0.1, 0.15) is 0 Å². The summed E-state index contributed by atoms with van der Waals surface area (Å²) < 4.78 is 0. The zero-order chi connectivity index (χ0) is 12.2. The molecule has 1 saturated carbocycles. The Balaban J connectivity index is 2.24. The van der Waals surface area contributed by atoms with Gasteiger partial charge in [-0.2, -0.15) is 0 Å². The Morgan fingerprint density at radius 1 is 1.38 bits per heavy atom. The number of nitrogens with one attached hydrogen (secondary N) is 1. The highest BCUT2D eigenvalue weighted by Crippen LogP contribution is 2.27. The Kier molecular flexibility index (Phi) is 5.22. The van der Waals surface area contributed by atoms with E-state index >= 15 is 0 Å². The molecule has 3 unspecified atom stereocenters. The summed E-state index contributed by atoms with van der Waals surface area (Å²) in [5, 5.41) is 13.7. The van der Waals surface area contributed by atoms with E-state index < -0.39 is 5.60 Å². The van der Waals surface area contributed by atoms with Crippen LogP contribution < -0.4 is 5.32 Å². The zero-order valence-corrected chi connectivity index (χ0v) is 11.3. The summed E-state index contributed by atoms with van der Waals surface area (Å²) in [6, 6.07) is 0.624. The molecule has 16 heavy (non-hydrogen) atoms. The van der Waals surface area contributed by atoms with Gasteiger partial charge in [-0.25, -0.2) is 0 Å². The average molecular weight is 228 g/mol. The Morgan fingerprint density at radius 3 is 2.56 bits per heavy atom. The molecule has 0 radical (unpaired) electrons. The molecule has 1 aliphatic carbocycles. The van der Waals surface area contributed by atoms with E-state index in [1.807, 2.05) is 25.9 Å². The normalized spacial score (nSPS) is 29.6. The lowest BCUT2D eigenvalue weighted by Crippen LogP contribution is -2.47. The van der Waals surface area contributed by atoms with Crippen LogP contribution in [0.5, 0.6) is 0 Å². The van der Waals surface area contributed by atoms with Gasteiger partial charge >= 0.3 is 0 Å². The molecule has 1 rings (SSSR count). The predicted molar refractivity (Wildman–Crippen MR) is 68.6 cm³/mol. The van der Waals surface area contributed by atoms with Crippen molar-refractivity contribution < 1.29 is 5.11 Å². The van der Waals surface area contributed by atoms with E-state index in [4.69, 9.17) is 0 Å². The molecule has 0 amide bonds. The summed E-state index contributed by atoms with van der Waals surface area (Å²) in [6.45, 7) is 5.59. The van der Waals surface area contributed by atoms with E-state index in [0.29, 0.717) is 19.1 Å². The molecule has 96 valence electrons. The smallest absolute Gasteiger partial charge is 0.0869 e. The largest absolute Gasteiger partial charge is 0.388 e. The fraction of sp³-hybridized carbons (Fsp3) is 1.00. The van der Waals surface area contributed by atoms with Crippen LogP contribution in [0.3, 0.4) is 0 Å². The van der Waals surface area contributed by atoms with Crippen molar-refractivity contribution in [3.05, 3.63) is 0 Å². The fourth-order valence-electron chi connectivity index (χ4n) is 2.73. The van der Waals surface area contributed by atoms with Gasteiger partial charge in [0, 0.05) is 19.1 Å². The second-order valence-electron chi connectivity index (χ2n) is 5.90. The monoisotopic (exact) mass is 228 g/mol. The van der Waals surface area contributed by atoms with E-state index in [2.05, 4.69) is 12.2 Å². The number of hydrogen-bond donors (Lipinski definition) is 2. The highest BCUT2D eigenvalue weighted by atomic mass is 16.3. The molecule has 0 aromatic rings. The molecular weight excluding hydrogens is 200 g/mol. The van der Waals surface area contributed by atoms with Crippen molar-refractivity contribution in [2.45, 2.75) is 51.2 Å². The molecule has 0 aromatic heterocycles. The van der Waals surface area contributed by atoms with Crippen molar-refractivity contribution >= 4 is 0 Å². The van der Waals surface area contributed by atoms with E-state index in [9.17, 15) is 5.11 Å². The Labute approximate surface area is 100 Å². The lowest BCUT2D eigenvalue weighted by Gasteiger charge is -2.28. The number of rotatable bonds is 6. The topological polar surface area (TPSA) is 35.5 Å². The van der Waals surface area contributed by atoms with Crippen LogP contribution in [-0.2, 0) is 0 Å². The van der Waals surface area contributed by atoms with Crippen molar-refractivity contribution in [3.63, 3.8) is 0 Å². The predicted octanol–water partition coefficient (Wildman–Crippen LogP) is 1.47. The first-order valence-corrected chi connectivity index (χ1v) is 6.53. The Hall–Kier alpha value is -0.120. The van der Waals surface area contributed by atoms with E-state index in [1.54, 1.807) is 0 Å². The molecule has 0 bridgehead atoms. The average Bonchev–Trinajstić information content (AvgIpc) is 2.60. The van der Waals surface area contributed by atoms with Gasteiger partial charge in [0.25, 0.3) is 0 Å². The summed E-state index contributed by atoms with van der Waals surface area (Å²) >= 11 is 0. The van der Waals surface area contributed by atoms with Crippen LogP contribution in [0.1, 0.15) is 39.5 Å². The summed E-state index contributed by atoms with van der Waals surface area (Å²) in [5.74, 6) is 0.899. The lowest BCUT2D eigenvalue weighted by molar-refractivity contribution is 0.0314. The molecule has 0 heterocycles. The van der Waals surface area contributed by atoms with Gasteiger partial charge in [-0.05, 0) is 46.2 Å². The maximum absolute atomic E-state index is 10.2. The summed E-state index contributed by atoms with van der Waals surface area (Å²) in [5.41, 5.74) is -0.617. The number of nitrogens with zero attached hydrogens (tertiary/aromatic N) is 1. The van der Waals surface area contributed by atoms with Crippen LogP contribution >= 0.6 is 0 Å². The van der Waals surface area contributed by atoms with Crippen LogP contribution in [-0.4, -0.2) is 48.8 Å². The van der Waals surface area contributed by atoms with Crippen LogP contribution in [0, 0.1) is 5.92 Å². The highest BCUT2D eigenvalue weighted by molar-refractivity contribution is 4.84. The van der Waals surface area contributed by atoms with Crippen LogP contribution in [0.15, 0.2) is 0 Å². The van der Waals surface area contributed by atoms with Gasteiger partial charge in [0.15, 0.2) is 0 Å². The zero-order valence-electron chi connectivity index (χ0n) is 11.3. The van der Waals surface area contributed by atoms with Crippen LogP contribution in [0.2, 0.25) is 0 Å². The first-order valence-electron chi connectivity index (χ1n) is 6.53. The lowest BCUT2D eigenvalue weighted by atomic mass is 10.0. The van der Waals surface area contributed by atoms with E-state index in [-0.39, 0.29) is 0 Å². The number of hydrogen-bond acceptors (Lipinski definition) is 3. The van der Waals surface area contributed by atoms with E-state index in [0.717, 1.165) is 5.92 Å². The third-order valence-corrected chi connectivity index (χ3v) is 3.55. The molecule has 3 atom stereocenters. The Bertz CT molecular complexity index is 204. The standard InChI is InChI=1S/C13H28N2O/c1-5-11-6-7-12(8-11)14-9-13(2,16)10-15(3)4/h11-12,14,16H,5-10H2,1-4H3. The molecular formula is C13H28N2O. The molecule has 1 fully saturated rings. The summed E-state index contributed by atoms with van der Waals surface area (Å²) in [7, 11) is 3.99. The second-order valence-corrected chi connectivity index (χ2v) is 5.90. The minimum atomic E-state index is -0.617. The first-order chi connectivity index (χ1) is 7.43. The van der Waals surface area contributed by atoms with Crippen molar-refractivity contribution in [1.29, 1.82) is 0 Å². The second kappa shape index (κ2) is 5.99. The van der Waals surface area contributed by atoms with Crippen LogP contribution in [0.25, 0.3) is 0 Å². The molecule has 1 aliphatic rings. The summed E-state index contributed by atoms with van der Waals surface area (Å²) in [6.07, 6.45) is 5.21. The van der Waals surface area contributed by atoms with Gasteiger partial charge in [-0.15, -0.1) is 0 Å². The van der Waals surface area contributed by atoms with E-state index in [1.165, 1.54) is 25.7 Å². The molecule has 3 nitrogen and oxygen atoms in total. The molecule has 0 saturated heterocycles. The maximum atomic E-state index is 10.2. The van der Waals surface area contributed by atoms with Gasteiger partial charge in [0.2, 0.25) is 0 Å². The maximum Gasteiger partial charge on any atom is 0.0869 e. The Morgan fingerprint density at radius 2 is 2.06 bits per heavy atom. The summed E-state index contributed by atoms with van der Waals surface area (Å²) in [4.78, 5) is 2.03. The fourth-order valence-corrected chi connectivity index (χ4v) is 2.73. The number of likely N-dealkylation sites (N-methyl/N-ethyl adjacent to an activating group) is 1. The molecule has 0 aromatic carbocycles. The van der Waals surface area contributed by atoms with Gasteiger partial charge < -0.3 is 15.3 Å². The van der Waals surface area contributed by atoms with Gasteiger partial charge in [-0.1, -0.05) is 13.3 Å². The third kappa shape index (κ3) is 4.81. The molecule has 2 N–H and O–H groups in total. The van der Waals surface area contributed by atoms with Gasteiger partial charge in [-0.3, -0.25) is 0 Å². The van der Waals surface area contributed by atoms with Crippen LogP contribution in [0.4, 0.5) is 0 Å². The SMILES string of the molecule is CCC1CCC(NCC(C)(O)CN(C)C)C1. The highest BCUT2D eigenvalue weighted by Gasteiger charge is 2.26. The minimum absolute atomic E-state index is 0.617. The first kappa shape index (κ1) is 13.9. The molecule has 3 heteroatoms. The van der Waals surface area contributed by atoms with Crippen molar-refractivity contribution in [2.75, 3.05) is 27.2 Å². The molecule has 0 spiro atoms. The van der Waals surface area contributed by atoms with Gasteiger partial charge in [0.05, 0.1) is 5.60 Å². The quantitative estimate of drug-likeness (QED) is 0.722. The third-order valence-electron chi connectivity index (χ3n) is 3.55. The number of aliphatic hydroxyl groups is 1. The van der Waals surface area contributed by atoms with Crippen molar-refractivity contribution in [3.8, 4) is 0 Å². The minimum Gasteiger partial charge on any atom is -0.388 e. The van der Waals surface area contributed by atoms with Crippen molar-refractivity contribution in [2.24, 2.45) is 5.92 Å². The van der Waals surface area contributed by atoms with Crippen molar-refractivity contribution in [1.82, 2.24) is 10.2 Å². The molecule has 0 aliphatic heterocycles.